The summed E-state index contributed by atoms with van der Waals surface area (Å²) in [4.78, 5) is 18.2. The van der Waals surface area contributed by atoms with E-state index < -0.39 is 0 Å². The van der Waals surface area contributed by atoms with Crippen molar-refractivity contribution in [2.45, 2.75) is 6.42 Å². The minimum atomic E-state index is 0.139. The number of likely N-dealkylation sites (tertiary alicyclic amines) is 1. The molecule has 1 aromatic carbocycles. The van der Waals surface area contributed by atoms with Crippen LogP contribution in [0.1, 0.15) is 16.1 Å². The molecule has 0 aliphatic carbocycles. The first-order valence-corrected chi connectivity index (χ1v) is 8.86. The van der Waals surface area contributed by atoms with Crippen molar-refractivity contribution < 1.29 is 4.79 Å². The van der Waals surface area contributed by atoms with Crippen LogP contribution in [0.4, 0.5) is 0 Å². The van der Waals surface area contributed by atoms with Gasteiger partial charge in [0.1, 0.15) is 0 Å². The Morgan fingerprint density at radius 1 is 1.32 bits per heavy atom. The Kier molecular flexibility index (Phi) is 2.65. The zero-order valence-electron chi connectivity index (χ0n) is 12.0. The molecular weight excluding hydrogens is 316 g/mol. The van der Waals surface area contributed by atoms with Gasteiger partial charge < -0.3 is 9.80 Å². The van der Waals surface area contributed by atoms with Crippen LogP contribution in [0.5, 0.6) is 0 Å². The highest BCUT2D eigenvalue weighted by Gasteiger charge is 2.46. The van der Waals surface area contributed by atoms with E-state index in [1.807, 2.05) is 29.2 Å². The van der Waals surface area contributed by atoms with Crippen LogP contribution in [-0.4, -0.2) is 35.3 Å². The minimum Gasteiger partial charge on any atom is -0.376 e. The summed E-state index contributed by atoms with van der Waals surface area (Å²) in [7, 11) is 0. The Labute approximate surface area is 137 Å². The minimum absolute atomic E-state index is 0.139. The normalized spacial score (nSPS) is 26.0. The lowest BCUT2D eigenvalue weighted by atomic mass is 9.84. The summed E-state index contributed by atoms with van der Waals surface area (Å²) in [6.45, 7) is 3.12. The van der Waals surface area contributed by atoms with Crippen LogP contribution in [0.3, 0.4) is 0 Å². The van der Waals surface area contributed by atoms with E-state index in [0.717, 1.165) is 39.6 Å². The second kappa shape index (κ2) is 4.49. The third kappa shape index (κ3) is 1.71. The summed E-state index contributed by atoms with van der Waals surface area (Å²) >= 11 is 7.75. The average molecular weight is 331 g/mol. The first-order valence-electron chi connectivity index (χ1n) is 7.66. The molecule has 4 aliphatic rings. The molecule has 2 saturated heterocycles. The molecule has 22 heavy (non-hydrogen) atoms. The Balaban J connectivity index is 1.54. The molecule has 4 aliphatic heterocycles. The summed E-state index contributed by atoms with van der Waals surface area (Å²) in [5.41, 5.74) is 1.23. The zero-order chi connectivity index (χ0) is 14.8. The van der Waals surface area contributed by atoms with Gasteiger partial charge in [-0.15, -0.1) is 11.3 Å². The van der Waals surface area contributed by atoms with E-state index in [9.17, 15) is 4.79 Å². The van der Waals surface area contributed by atoms with Crippen molar-refractivity contribution in [3.05, 3.63) is 46.1 Å². The molecule has 4 bridgehead atoms. The third-order valence-corrected chi connectivity index (χ3v) is 6.74. The topological polar surface area (TPSA) is 23.6 Å². The molecular formula is C17H15ClN2OS. The molecule has 0 unspecified atom stereocenters. The second-order valence-corrected chi connectivity index (χ2v) is 7.85. The third-order valence-electron chi connectivity index (χ3n) is 5.14. The van der Waals surface area contributed by atoms with Crippen molar-refractivity contribution in [1.29, 1.82) is 0 Å². The van der Waals surface area contributed by atoms with Gasteiger partial charge in [0, 0.05) is 43.4 Å². The molecule has 0 N–H and O–H groups in total. The predicted molar refractivity (Wildman–Crippen MR) is 89.1 cm³/mol. The van der Waals surface area contributed by atoms with Crippen LogP contribution in [0.2, 0.25) is 5.02 Å². The second-order valence-electron chi connectivity index (χ2n) is 6.39. The van der Waals surface area contributed by atoms with Gasteiger partial charge in [-0.05, 0) is 23.9 Å². The number of thiophene rings is 1. The standard InChI is InChI=1S/C17H15ClN2OS/c18-13-3-1-2-10-6-15(22-16(10)13)17(21)20-8-11-7-19-5-4-12(11)14(20)9-19/h1-3,6,9,11-12H,4-5,7-8H2/t11-,12-/m1/s1. The average Bonchev–Trinajstić information content (AvgIpc) is 3.08. The van der Waals surface area contributed by atoms with Gasteiger partial charge >= 0.3 is 0 Å². The molecule has 1 aromatic heterocycles. The molecule has 2 aromatic rings. The van der Waals surface area contributed by atoms with E-state index in [1.165, 1.54) is 23.5 Å². The zero-order valence-corrected chi connectivity index (χ0v) is 13.5. The van der Waals surface area contributed by atoms with E-state index in [-0.39, 0.29) is 5.91 Å². The molecule has 2 atom stereocenters. The largest absolute Gasteiger partial charge is 0.376 e. The van der Waals surface area contributed by atoms with Crippen molar-refractivity contribution in [1.82, 2.24) is 9.80 Å². The Bertz CT molecular complexity index is 827. The number of hydrogen-bond acceptors (Lipinski definition) is 3. The maximum atomic E-state index is 13.0. The smallest absolute Gasteiger partial charge is 0.268 e. The summed E-state index contributed by atoms with van der Waals surface area (Å²) < 4.78 is 1.01. The molecule has 1 amide bonds. The fraction of sp³-hybridized carbons (Fsp3) is 0.353. The van der Waals surface area contributed by atoms with Crippen LogP contribution in [-0.2, 0) is 0 Å². The van der Waals surface area contributed by atoms with Gasteiger partial charge in [-0.1, -0.05) is 23.7 Å². The van der Waals surface area contributed by atoms with Gasteiger partial charge in [0.15, 0.2) is 0 Å². The number of piperidine rings is 1. The molecule has 0 radical (unpaired) electrons. The monoisotopic (exact) mass is 330 g/mol. The quantitative estimate of drug-likeness (QED) is 0.794. The van der Waals surface area contributed by atoms with Crippen LogP contribution in [0.25, 0.3) is 10.1 Å². The molecule has 6 rings (SSSR count). The van der Waals surface area contributed by atoms with Gasteiger partial charge in [-0.2, -0.15) is 0 Å². The summed E-state index contributed by atoms with van der Waals surface area (Å²) in [6.07, 6.45) is 3.40. The van der Waals surface area contributed by atoms with Crippen molar-refractivity contribution in [2.24, 2.45) is 11.8 Å². The van der Waals surface area contributed by atoms with Crippen molar-refractivity contribution in [3.63, 3.8) is 0 Å². The number of allylic oxidation sites excluding steroid dienone is 1. The Morgan fingerprint density at radius 2 is 2.23 bits per heavy atom. The Morgan fingerprint density at radius 3 is 3.00 bits per heavy atom. The SMILES string of the molecule is O=C(c1cc2cccc(Cl)c2s1)N1C[C@H]2CN3C=C1[C@@H]2CC3. The van der Waals surface area contributed by atoms with Gasteiger partial charge in [0.05, 0.1) is 14.6 Å². The van der Waals surface area contributed by atoms with Crippen LogP contribution in [0.15, 0.2) is 36.2 Å². The van der Waals surface area contributed by atoms with E-state index in [1.54, 1.807) is 0 Å². The molecule has 112 valence electrons. The number of carbonyl (C=O) groups excluding carboxylic acids is 1. The highest BCUT2D eigenvalue weighted by atomic mass is 35.5. The van der Waals surface area contributed by atoms with E-state index in [2.05, 4.69) is 11.1 Å². The number of halogens is 1. The van der Waals surface area contributed by atoms with Crippen LogP contribution >= 0.6 is 22.9 Å². The van der Waals surface area contributed by atoms with Gasteiger partial charge in [-0.25, -0.2) is 0 Å². The molecule has 3 nitrogen and oxygen atoms in total. The van der Waals surface area contributed by atoms with Crippen molar-refractivity contribution >= 4 is 38.9 Å². The molecule has 5 heterocycles. The predicted octanol–water partition coefficient (Wildman–Crippen LogP) is 3.80. The van der Waals surface area contributed by atoms with Gasteiger partial charge in [0.25, 0.3) is 5.91 Å². The van der Waals surface area contributed by atoms with E-state index in [4.69, 9.17) is 11.6 Å². The van der Waals surface area contributed by atoms with Crippen molar-refractivity contribution in [2.75, 3.05) is 19.6 Å². The Hall–Kier alpha value is -1.52. The van der Waals surface area contributed by atoms with E-state index >= 15 is 0 Å². The van der Waals surface area contributed by atoms with Crippen molar-refractivity contribution in [3.8, 4) is 0 Å². The van der Waals surface area contributed by atoms with Crippen LogP contribution in [0, 0.1) is 11.8 Å². The lowest BCUT2D eigenvalue weighted by molar-refractivity contribution is 0.0825. The van der Waals surface area contributed by atoms with Crippen LogP contribution < -0.4 is 0 Å². The lowest BCUT2D eigenvalue weighted by Crippen LogP contribution is -2.40. The summed E-state index contributed by atoms with van der Waals surface area (Å²) in [6, 6.07) is 7.81. The van der Waals surface area contributed by atoms with E-state index in [0.29, 0.717) is 11.8 Å². The number of carbonyl (C=O) groups is 1. The lowest BCUT2D eigenvalue weighted by Gasteiger charge is -2.39. The summed E-state index contributed by atoms with van der Waals surface area (Å²) in [5.74, 6) is 1.35. The number of fused-ring (bicyclic) bond motifs is 2. The number of benzene rings is 1. The molecule has 2 fully saturated rings. The summed E-state index contributed by atoms with van der Waals surface area (Å²) in [5, 5.41) is 1.79. The molecule has 0 spiro atoms. The molecule has 5 heteroatoms. The number of nitrogens with zero attached hydrogens (tertiary/aromatic N) is 2. The highest BCUT2D eigenvalue weighted by Crippen LogP contribution is 2.44. The fourth-order valence-corrected chi connectivity index (χ4v) is 5.42. The first-order chi connectivity index (χ1) is 10.7. The number of rotatable bonds is 1. The highest BCUT2D eigenvalue weighted by molar-refractivity contribution is 7.21. The fourth-order valence-electron chi connectivity index (χ4n) is 4.11. The maximum Gasteiger partial charge on any atom is 0.268 e. The maximum absolute atomic E-state index is 13.0. The van der Waals surface area contributed by atoms with Gasteiger partial charge in [0.2, 0.25) is 0 Å². The number of hydrogen-bond donors (Lipinski definition) is 0. The molecule has 0 saturated carbocycles. The first kappa shape index (κ1) is 13.0. The van der Waals surface area contributed by atoms with Gasteiger partial charge in [-0.3, -0.25) is 4.79 Å². The number of amides is 1.